The van der Waals surface area contributed by atoms with E-state index < -0.39 is 0 Å². The van der Waals surface area contributed by atoms with Crippen LogP contribution in [-0.2, 0) is 0 Å². The molecule has 4 aliphatic carbocycles. The summed E-state index contributed by atoms with van der Waals surface area (Å²) in [7, 11) is 2.18. The first-order valence-corrected chi connectivity index (χ1v) is 13.7. The highest BCUT2D eigenvalue weighted by atomic mass is 14.9. The zero-order valence-electron chi connectivity index (χ0n) is 21.5. The Morgan fingerprint density at radius 1 is 0.967 bits per heavy atom. The Bertz CT molecular complexity index is 545. The van der Waals surface area contributed by atoms with Gasteiger partial charge >= 0.3 is 0 Å². The van der Waals surface area contributed by atoms with Crippen molar-refractivity contribution in [2.75, 3.05) is 7.05 Å². The highest BCUT2D eigenvalue weighted by Crippen LogP contribution is 2.69. The van der Waals surface area contributed by atoms with Crippen molar-refractivity contribution in [3.05, 3.63) is 0 Å². The second-order valence-corrected chi connectivity index (χ2v) is 12.2. The van der Waals surface area contributed by atoms with Crippen LogP contribution in [-0.4, -0.2) is 19.1 Å². The summed E-state index contributed by atoms with van der Waals surface area (Å²) in [5.74, 6) is 5.87. The summed E-state index contributed by atoms with van der Waals surface area (Å²) in [6, 6.07) is 1.15. The fourth-order valence-corrected chi connectivity index (χ4v) is 9.17. The lowest BCUT2D eigenvalue weighted by molar-refractivity contribution is -0.137. The molecule has 0 bridgehead atoms. The number of hydrogen-bond donors (Lipinski definition) is 2. The van der Waals surface area contributed by atoms with Gasteiger partial charge in [-0.05, 0) is 125 Å². The Morgan fingerprint density at radius 2 is 1.63 bits per heavy atom. The normalized spacial score (nSPS) is 48.6. The average molecular weight is 419 g/mol. The molecule has 0 saturated heterocycles. The minimum absolute atomic E-state index is 0.378. The molecule has 0 spiro atoms. The second kappa shape index (κ2) is 9.82. The molecule has 0 amide bonds. The fourth-order valence-electron chi connectivity index (χ4n) is 9.17. The van der Waals surface area contributed by atoms with E-state index in [2.05, 4.69) is 40.1 Å². The van der Waals surface area contributed by atoms with Gasteiger partial charge in [-0.3, -0.25) is 0 Å². The van der Waals surface area contributed by atoms with Gasteiger partial charge in [-0.1, -0.05) is 41.0 Å². The molecule has 4 aliphatic rings. The van der Waals surface area contributed by atoms with Gasteiger partial charge in [-0.25, -0.2) is 0 Å². The topological polar surface area (TPSA) is 38.0 Å². The van der Waals surface area contributed by atoms with Crippen molar-refractivity contribution >= 4 is 0 Å². The Morgan fingerprint density at radius 3 is 2.30 bits per heavy atom. The summed E-state index contributed by atoms with van der Waals surface area (Å²) in [6.45, 7) is 14.2. The van der Waals surface area contributed by atoms with Gasteiger partial charge in [0.25, 0.3) is 0 Å². The predicted octanol–water partition coefficient (Wildman–Crippen LogP) is 7.02. The second-order valence-electron chi connectivity index (χ2n) is 12.2. The van der Waals surface area contributed by atoms with Gasteiger partial charge in [0.05, 0.1) is 0 Å². The standard InChI is InChI=1S/C26H48N2.C2H6/c1-17-15-20-16-21(28-5)11-13-26(20,4)23-12-14-25(3)19(8-6-7-18(2)27)9-10-22(25)24(17)23;1-2/h17-24,28H,6-16,27H2,1-5H3;1-2H3. The molecule has 4 fully saturated rings. The Balaban J connectivity index is 0.00000124. The van der Waals surface area contributed by atoms with Crippen LogP contribution in [0.2, 0.25) is 0 Å². The largest absolute Gasteiger partial charge is 0.328 e. The van der Waals surface area contributed by atoms with Crippen molar-refractivity contribution in [3.63, 3.8) is 0 Å². The van der Waals surface area contributed by atoms with Crippen molar-refractivity contribution in [2.24, 2.45) is 52.1 Å². The van der Waals surface area contributed by atoms with Gasteiger partial charge in [-0.2, -0.15) is 0 Å². The molecule has 0 aromatic carbocycles. The van der Waals surface area contributed by atoms with E-state index in [9.17, 15) is 0 Å². The lowest BCUT2D eigenvalue weighted by Crippen LogP contribution is -2.57. The first kappa shape index (κ1) is 24.6. The summed E-state index contributed by atoms with van der Waals surface area (Å²) >= 11 is 0. The number of nitrogens with one attached hydrogen (secondary N) is 1. The quantitative estimate of drug-likeness (QED) is 0.503. The van der Waals surface area contributed by atoms with Crippen molar-refractivity contribution in [2.45, 2.75) is 124 Å². The molecule has 0 radical (unpaired) electrons. The molecule has 10 atom stereocenters. The van der Waals surface area contributed by atoms with Crippen LogP contribution in [0.4, 0.5) is 0 Å². The molecular weight excluding hydrogens is 364 g/mol. The fraction of sp³-hybridized carbons (Fsp3) is 1.00. The van der Waals surface area contributed by atoms with E-state index in [0.717, 1.165) is 41.5 Å². The van der Waals surface area contributed by atoms with E-state index in [1.165, 1.54) is 70.6 Å². The lowest BCUT2D eigenvalue weighted by Gasteiger charge is -2.63. The maximum Gasteiger partial charge on any atom is 0.00671 e. The van der Waals surface area contributed by atoms with E-state index in [1.54, 1.807) is 0 Å². The number of hydrogen-bond acceptors (Lipinski definition) is 2. The third-order valence-electron chi connectivity index (χ3n) is 10.8. The maximum atomic E-state index is 6.04. The first-order chi connectivity index (χ1) is 14.3. The molecule has 2 nitrogen and oxygen atoms in total. The van der Waals surface area contributed by atoms with Gasteiger partial charge in [0, 0.05) is 12.1 Å². The summed E-state index contributed by atoms with van der Waals surface area (Å²) in [4.78, 5) is 0. The van der Waals surface area contributed by atoms with Crippen LogP contribution in [0, 0.1) is 46.3 Å². The molecule has 0 aromatic heterocycles. The molecule has 0 aromatic rings. The smallest absolute Gasteiger partial charge is 0.00671 e. The van der Waals surface area contributed by atoms with E-state index >= 15 is 0 Å². The SMILES string of the molecule is CC.CNC1CCC2(C)C(C1)CC(C)C1C3CCC(CCCC(C)N)C3(C)CCC12. The van der Waals surface area contributed by atoms with Crippen LogP contribution in [0.3, 0.4) is 0 Å². The minimum atomic E-state index is 0.378. The molecule has 4 rings (SSSR count). The first-order valence-electron chi connectivity index (χ1n) is 13.7. The monoisotopic (exact) mass is 418 g/mol. The van der Waals surface area contributed by atoms with E-state index in [0.29, 0.717) is 16.9 Å². The molecule has 3 N–H and O–H groups in total. The highest BCUT2D eigenvalue weighted by molar-refractivity contribution is 5.10. The van der Waals surface area contributed by atoms with Gasteiger partial charge in [-0.15, -0.1) is 0 Å². The molecule has 176 valence electrons. The van der Waals surface area contributed by atoms with Crippen LogP contribution in [0.15, 0.2) is 0 Å². The van der Waals surface area contributed by atoms with Crippen molar-refractivity contribution < 1.29 is 0 Å². The number of nitrogens with two attached hydrogens (primary N) is 1. The highest BCUT2D eigenvalue weighted by Gasteiger charge is 2.61. The van der Waals surface area contributed by atoms with Crippen molar-refractivity contribution in [3.8, 4) is 0 Å². The molecule has 0 aliphatic heterocycles. The molecular formula is C28H54N2. The summed E-state index contributed by atoms with van der Waals surface area (Å²) in [5, 5.41) is 3.61. The van der Waals surface area contributed by atoms with Gasteiger partial charge < -0.3 is 11.1 Å². The average Bonchev–Trinajstić information content (AvgIpc) is 3.06. The molecule has 4 saturated carbocycles. The maximum absolute atomic E-state index is 6.04. The minimum Gasteiger partial charge on any atom is -0.328 e. The van der Waals surface area contributed by atoms with E-state index in [-0.39, 0.29) is 0 Å². The number of rotatable bonds is 5. The van der Waals surface area contributed by atoms with E-state index in [4.69, 9.17) is 5.73 Å². The zero-order valence-corrected chi connectivity index (χ0v) is 21.5. The van der Waals surface area contributed by atoms with E-state index in [1.807, 2.05) is 13.8 Å². The third kappa shape index (κ3) is 4.26. The van der Waals surface area contributed by atoms with Crippen molar-refractivity contribution in [1.82, 2.24) is 5.32 Å². The summed E-state index contributed by atoms with van der Waals surface area (Å²) in [5.41, 5.74) is 7.29. The Hall–Kier alpha value is -0.0800. The Kier molecular flexibility index (Phi) is 8.04. The van der Waals surface area contributed by atoms with Crippen LogP contribution >= 0.6 is 0 Å². The Labute approximate surface area is 188 Å². The van der Waals surface area contributed by atoms with Crippen molar-refractivity contribution in [1.29, 1.82) is 0 Å². The predicted molar refractivity (Wildman–Crippen MR) is 131 cm³/mol. The lowest BCUT2D eigenvalue weighted by atomic mass is 9.42. The number of fused-ring (bicyclic) bond motifs is 5. The van der Waals surface area contributed by atoms with Gasteiger partial charge in [0.1, 0.15) is 0 Å². The van der Waals surface area contributed by atoms with Gasteiger partial charge in [0.2, 0.25) is 0 Å². The van der Waals surface area contributed by atoms with Crippen LogP contribution < -0.4 is 11.1 Å². The summed E-state index contributed by atoms with van der Waals surface area (Å²) < 4.78 is 0. The third-order valence-corrected chi connectivity index (χ3v) is 10.8. The summed E-state index contributed by atoms with van der Waals surface area (Å²) in [6.07, 6.45) is 15.8. The van der Waals surface area contributed by atoms with Crippen LogP contribution in [0.5, 0.6) is 0 Å². The molecule has 0 heterocycles. The van der Waals surface area contributed by atoms with Crippen LogP contribution in [0.1, 0.15) is 112 Å². The molecule has 10 unspecified atom stereocenters. The molecule has 2 heteroatoms. The zero-order chi connectivity index (χ0) is 22.1. The van der Waals surface area contributed by atoms with Crippen LogP contribution in [0.25, 0.3) is 0 Å². The van der Waals surface area contributed by atoms with Gasteiger partial charge in [0.15, 0.2) is 0 Å². The molecule has 30 heavy (non-hydrogen) atoms.